The number of rotatable bonds is 15. The molecule has 5 heteroatoms. The van der Waals surface area contributed by atoms with Gasteiger partial charge in [0.15, 0.2) is 0 Å². The van der Waals surface area contributed by atoms with Gasteiger partial charge in [-0.15, -0.1) is 0 Å². The number of aliphatic carboxylic acids is 1. The fraction of sp³-hybridized carbons (Fsp3) is 0.739. The van der Waals surface area contributed by atoms with E-state index in [1.807, 2.05) is 12.2 Å². The lowest BCUT2D eigenvalue weighted by Crippen LogP contribution is -2.20. The van der Waals surface area contributed by atoms with Crippen LogP contribution in [0.5, 0.6) is 0 Å². The molecule has 1 aliphatic rings. The van der Waals surface area contributed by atoms with Crippen LogP contribution in [0.2, 0.25) is 0 Å². The Morgan fingerprint density at radius 2 is 2.00 bits per heavy atom. The number of Topliss-reactive ketones (excluding diaryl/α,β-unsaturated/α-hetero) is 1. The summed E-state index contributed by atoms with van der Waals surface area (Å²) >= 11 is 0. The lowest BCUT2D eigenvalue weighted by atomic mass is 9.90. The Bertz CT molecular complexity index is 511. The number of carboxylic acid groups (broad SMARTS) is 1. The summed E-state index contributed by atoms with van der Waals surface area (Å²) < 4.78 is 11.2. The number of carbonyl (C=O) groups is 2. The molecule has 0 saturated heterocycles. The van der Waals surface area contributed by atoms with E-state index in [1.165, 1.54) is 19.3 Å². The second-order valence-corrected chi connectivity index (χ2v) is 7.63. The molecule has 0 aromatic rings. The molecule has 0 heterocycles. The molecule has 0 bridgehead atoms. The first-order valence-electron chi connectivity index (χ1n) is 10.7. The molecule has 1 saturated carbocycles. The summed E-state index contributed by atoms with van der Waals surface area (Å²) in [7, 11) is 3.40. The predicted molar refractivity (Wildman–Crippen MR) is 111 cm³/mol. The third kappa shape index (κ3) is 9.16. The minimum Gasteiger partial charge on any atom is -0.481 e. The number of carboxylic acids is 1. The van der Waals surface area contributed by atoms with Crippen LogP contribution in [0, 0.1) is 11.8 Å². The number of ketones is 1. The van der Waals surface area contributed by atoms with Gasteiger partial charge in [0.1, 0.15) is 5.78 Å². The van der Waals surface area contributed by atoms with Gasteiger partial charge < -0.3 is 14.6 Å². The standard InChI is InChI=1S/C23H38O5/c1-4-5-6-9-12-18(27-2)15-16-20-19(21(24)17-22(20)28-3)13-10-7-8-11-14-23(25)26/h7,10,15-16,18-20,22H,4-6,8-9,11-14,17H2,1-3H3,(H,25,26)/b10-7+,16-15+. The first kappa shape index (κ1) is 24.6. The Hall–Kier alpha value is -1.46. The quantitative estimate of drug-likeness (QED) is 0.314. The van der Waals surface area contributed by atoms with Gasteiger partial charge in [-0.05, 0) is 25.7 Å². The van der Waals surface area contributed by atoms with Crippen LogP contribution in [0.1, 0.15) is 71.1 Å². The van der Waals surface area contributed by atoms with Gasteiger partial charge in [-0.1, -0.05) is 56.9 Å². The molecule has 160 valence electrons. The van der Waals surface area contributed by atoms with Crippen molar-refractivity contribution in [2.45, 2.75) is 83.3 Å². The highest BCUT2D eigenvalue weighted by Crippen LogP contribution is 2.35. The summed E-state index contributed by atoms with van der Waals surface area (Å²) in [6.07, 6.45) is 16.7. The van der Waals surface area contributed by atoms with Gasteiger partial charge in [-0.2, -0.15) is 0 Å². The Morgan fingerprint density at radius 1 is 1.21 bits per heavy atom. The highest BCUT2D eigenvalue weighted by molar-refractivity contribution is 5.84. The topological polar surface area (TPSA) is 72.8 Å². The highest BCUT2D eigenvalue weighted by Gasteiger charge is 2.40. The van der Waals surface area contributed by atoms with E-state index in [0.717, 1.165) is 19.3 Å². The van der Waals surface area contributed by atoms with E-state index in [9.17, 15) is 9.59 Å². The zero-order valence-corrected chi connectivity index (χ0v) is 17.8. The second-order valence-electron chi connectivity index (χ2n) is 7.63. The largest absolute Gasteiger partial charge is 0.481 e. The maximum Gasteiger partial charge on any atom is 0.303 e. The first-order chi connectivity index (χ1) is 13.5. The summed E-state index contributed by atoms with van der Waals surface area (Å²) in [5.74, 6) is -0.535. The summed E-state index contributed by atoms with van der Waals surface area (Å²) in [5.41, 5.74) is 0. The molecule has 0 spiro atoms. The SMILES string of the molecule is CCCCCCC(/C=C/C1C(OC)CC(=O)C1C/C=C/CCCC(=O)O)OC. The molecule has 0 aromatic carbocycles. The van der Waals surface area contributed by atoms with Gasteiger partial charge in [0.25, 0.3) is 0 Å². The summed E-state index contributed by atoms with van der Waals surface area (Å²) in [4.78, 5) is 23.0. The van der Waals surface area contributed by atoms with E-state index in [4.69, 9.17) is 14.6 Å². The van der Waals surface area contributed by atoms with E-state index >= 15 is 0 Å². The molecule has 1 fully saturated rings. The van der Waals surface area contributed by atoms with Crippen LogP contribution in [-0.4, -0.2) is 43.3 Å². The Kier molecular flexibility index (Phi) is 12.8. The fourth-order valence-electron chi connectivity index (χ4n) is 3.80. The molecule has 1 aliphatic carbocycles. The van der Waals surface area contributed by atoms with E-state index in [0.29, 0.717) is 19.3 Å². The Labute approximate surface area is 170 Å². The lowest BCUT2D eigenvalue weighted by molar-refractivity contribution is -0.137. The Balaban J connectivity index is 2.60. The number of carbonyl (C=O) groups excluding carboxylic acids is 1. The molecule has 0 radical (unpaired) electrons. The molecule has 4 atom stereocenters. The molecular formula is C23H38O5. The molecule has 1 N–H and O–H groups in total. The van der Waals surface area contributed by atoms with Crippen molar-refractivity contribution in [2.24, 2.45) is 11.8 Å². The molecule has 4 unspecified atom stereocenters. The van der Waals surface area contributed by atoms with Crippen molar-refractivity contribution in [2.75, 3.05) is 14.2 Å². The van der Waals surface area contributed by atoms with Crippen molar-refractivity contribution in [1.29, 1.82) is 0 Å². The van der Waals surface area contributed by atoms with Crippen LogP contribution in [0.4, 0.5) is 0 Å². The smallest absolute Gasteiger partial charge is 0.303 e. The number of hydrogen-bond donors (Lipinski definition) is 1. The number of unbranched alkanes of at least 4 members (excludes halogenated alkanes) is 4. The summed E-state index contributed by atoms with van der Waals surface area (Å²) in [6, 6.07) is 0. The summed E-state index contributed by atoms with van der Waals surface area (Å²) in [6.45, 7) is 2.20. The van der Waals surface area contributed by atoms with E-state index in [-0.39, 0.29) is 36.2 Å². The molecular weight excluding hydrogens is 356 g/mol. The molecule has 1 rings (SSSR count). The van der Waals surface area contributed by atoms with E-state index < -0.39 is 5.97 Å². The highest BCUT2D eigenvalue weighted by atomic mass is 16.5. The molecule has 0 amide bonds. The van der Waals surface area contributed by atoms with Crippen LogP contribution in [0.3, 0.4) is 0 Å². The van der Waals surface area contributed by atoms with Crippen molar-refractivity contribution < 1.29 is 24.2 Å². The van der Waals surface area contributed by atoms with Crippen molar-refractivity contribution in [3.05, 3.63) is 24.3 Å². The number of ether oxygens (including phenoxy) is 2. The zero-order valence-electron chi connectivity index (χ0n) is 17.8. The maximum atomic E-state index is 12.5. The average Bonchev–Trinajstić information content (AvgIpc) is 2.98. The third-order valence-corrected chi connectivity index (χ3v) is 5.52. The van der Waals surface area contributed by atoms with Crippen molar-refractivity contribution in [3.63, 3.8) is 0 Å². The number of allylic oxidation sites excluding steroid dienone is 2. The van der Waals surface area contributed by atoms with Crippen molar-refractivity contribution in [3.8, 4) is 0 Å². The fourth-order valence-corrected chi connectivity index (χ4v) is 3.80. The third-order valence-electron chi connectivity index (χ3n) is 5.52. The number of methoxy groups -OCH3 is 2. The Morgan fingerprint density at radius 3 is 2.64 bits per heavy atom. The number of hydrogen-bond acceptors (Lipinski definition) is 4. The molecule has 0 aliphatic heterocycles. The van der Waals surface area contributed by atoms with E-state index in [2.05, 4.69) is 19.1 Å². The van der Waals surface area contributed by atoms with Crippen molar-refractivity contribution in [1.82, 2.24) is 0 Å². The van der Waals surface area contributed by atoms with Crippen LogP contribution in [-0.2, 0) is 19.1 Å². The molecule has 28 heavy (non-hydrogen) atoms. The minimum absolute atomic E-state index is 0.0643. The monoisotopic (exact) mass is 394 g/mol. The molecule has 5 nitrogen and oxygen atoms in total. The average molecular weight is 395 g/mol. The van der Waals surface area contributed by atoms with Gasteiger partial charge in [-0.25, -0.2) is 0 Å². The first-order valence-corrected chi connectivity index (χ1v) is 10.7. The van der Waals surface area contributed by atoms with Crippen LogP contribution >= 0.6 is 0 Å². The van der Waals surface area contributed by atoms with Crippen LogP contribution < -0.4 is 0 Å². The minimum atomic E-state index is -0.769. The second kappa shape index (κ2) is 14.5. The maximum absolute atomic E-state index is 12.5. The van der Waals surface area contributed by atoms with Gasteiger partial charge in [0, 0.05) is 38.9 Å². The van der Waals surface area contributed by atoms with Gasteiger partial charge in [-0.3, -0.25) is 9.59 Å². The normalized spacial score (nSPS) is 23.8. The van der Waals surface area contributed by atoms with Gasteiger partial charge >= 0.3 is 5.97 Å². The van der Waals surface area contributed by atoms with E-state index in [1.54, 1.807) is 14.2 Å². The zero-order chi connectivity index (χ0) is 20.8. The van der Waals surface area contributed by atoms with Crippen LogP contribution in [0.25, 0.3) is 0 Å². The van der Waals surface area contributed by atoms with Gasteiger partial charge in [0.05, 0.1) is 12.2 Å². The lowest BCUT2D eigenvalue weighted by Gasteiger charge is -2.20. The summed E-state index contributed by atoms with van der Waals surface area (Å²) in [5, 5.41) is 8.67. The molecule has 0 aromatic heterocycles. The van der Waals surface area contributed by atoms with Gasteiger partial charge in [0.2, 0.25) is 0 Å². The van der Waals surface area contributed by atoms with Crippen molar-refractivity contribution >= 4 is 11.8 Å². The predicted octanol–water partition coefficient (Wildman–Crippen LogP) is 4.95. The van der Waals surface area contributed by atoms with Crippen LogP contribution in [0.15, 0.2) is 24.3 Å².